The van der Waals surface area contributed by atoms with Crippen molar-refractivity contribution in [2.24, 2.45) is 5.41 Å². The second-order valence-corrected chi connectivity index (χ2v) is 9.56. The number of urea groups is 1. The van der Waals surface area contributed by atoms with E-state index in [9.17, 15) is 4.79 Å². The van der Waals surface area contributed by atoms with Crippen molar-refractivity contribution in [1.82, 2.24) is 14.9 Å². The second-order valence-electron chi connectivity index (χ2n) is 8.56. The van der Waals surface area contributed by atoms with Gasteiger partial charge in [0.25, 0.3) is 0 Å². The van der Waals surface area contributed by atoms with E-state index in [4.69, 9.17) is 14.2 Å². The zero-order valence-corrected chi connectivity index (χ0v) is 18.1. The lowest BCUT2D eigenvalue weighted by atomic mass is 9.82. The van der Waals surface area contributed by atoms with Crippen molar-refractivity contribution >= 4 is 32.7 Å². The molecule has 8 nitrogen and oxygen atoms in total. The summed E-state index contributed by atoms with van der Waals surface area (Å²) in [6.07, 6.45) is 7.06. The van der Waals surface area contributed by atoms with Crippen LogP contribution in [0.5, 0.6) is 5.88 Å². The molecule has 0 aromatic carbocycles. The number of pyridine rings is 1. The van der Waals surface area contributed by atoms with Crippen LogP contribution in [0.1, 0.15) is 43.6 Å². The number of thiazole rings is 1. The van der Waals surface area contributed by atoms with Crippen molar-refractivity contribution in [3.05, 3.63) is 11.8 Å². The molecule has 30 heavy (non-hydrogen) atoms. The van der Waals surface area contributed by atoms with Crippen LogP contribution in [-0.4, -0.2) is 67.5 Å². The summed E-state index contributed by atoms with van der Waals surface area (Å²) in [5, 5.41) is 3.62. The van der Waals surface area contributed by atoms with E-state index in [0.717, 1.165) is 81.8 Å². The fourth-order valence-electron chi connectivity index (χ4n) is 4.92. The van der Waals surface area contributed by atoms with Crippen LogP contribution in [0.3, 0.4) is 0 Å². The molecule has 9 heteroatoms. The SMILES string of the molecule is COc1ncc(C2CCOCC2)c2sc(NC(=O)N3CCC4(CCCOC4)C3)nc12. The highest BCUT2D eigenvalue weighted by Crippen LogP contribution is 2.41. The minimum atomic E-state index is -0.0870. The van der Waals surface area contributed by atoms with Gasteiger partial charge in [-0.05, 0) is 43.6 Å². The van der Waals surface area contributed by atoms with Crippen LogP contribution in [0.4, 0.5) is 9.93 Å². The summed E-state index contributed by atoms with van der Waals surface area (Å²) in [5.41, 5.74) is 2.03. The van der Waals surface area contributed by atoms with E-state index in [-0.39, 0.29) is 11.4 Å². The second kappa shape index (κ2) is 8.28. The smallest absolute Gasteiger partial charge is 0.323 e. The molecule has 0 saturated carbocycles. The normalized spacial score (nSPS) is 25.2. The van der Waals surface area contributed by atoms with Crippen LogP contribution < -0.4 is 10.1 Å². The van der Waals surface area contributed by atoms with Gasteiger partial charge in [0.2, 0.25) is 5.88 Å². The van der Waals surface area contributed by atoms with Crippen LogP contribution >= 0.6 is 11.3 Å². The Bertz CT molecular complexity index is 921. The first-order valence-corrected chi connectivity index (χ1v) is 11.5. The molecule has 162 valence electrons. The Morgan fingerprint density at radius 1 is 1.30 bits per heavy atom. The molecular weight excluding hydrogens is 404 g/mol. The maximum absolute atomic E-state index is 12.9. The number of hydrogen-bond acceptors (Lipinski definition) is 7. The molecule has 1 spiro atoms. The van der Waals surface area contributed by atoms with Crippen LogP contribution in [0.15, 0.2) is 6.20 Å². The van der Waals surface area contributed by atoms with E-state index < -0.39 is 0 Å². The first-order valence-electron chi connectivity index (χ1n) is 10.7. The topological polar surface area (TPSA) is 85.8 Å². The molecule has 5 rings (SSSR count). The Morgan fingerprint density at radius 2 is 2.17 bits per heavy atom. The Kier molecular flexibility index (Phi) is 5.51. The first-order chi connectivity index (χ1) is 14.7. The molecule has 5 heterocycles. The summed E-state index contributed by atoms with van der Waals surface area (Å²) >= 11 is 1.51. The number of amides is 2. The van der Waals surface area contributed by atoms with E-state index in [0.29, 0.717) is 16.9 Å². The lowest BCUT2D eigenvalue weighted by Crippen LogP contribution is -2.38. The number of hydrogen-bond donors (Lipinski definition) is 1. The maximum Gasteiger partial charge on any atom is 0.323 e. The standard InChI is InChI=1S/C21H28N4O4S/c1-27-18-16-17(15(11-22-18)14-3-9-28-10-4-14)30-19(23-16)24-20(26)25-7-6-21(12-25)5-2-8-29-13-21/h11,14H,2-10,12-13H2,1H3,(H,23,24,26). The maximum atomic E-state index is 12.9. The third-order valence-electron chi connectivity index (χ3n) is 6.61. The summed E-state index contributed by atoms with van der Waals surface area (Å²) in [6, 6.07) is -0.0870. The summed E-state index contributed by atoms with van der Waals surface area (Å²) < 4.78 is 17.7. The highest BCUT2D eigenvalue weighted by atomic mass is 32.1. The third kappa shape index (κ3) is 3.74. The van der Waals surface area contributed by atoms with Crippen molar-refractivity contribution < 1.29 is 19.0 Å². The molecule has 0 aliphatic carbocycles. The lowest BCUT2D eigenvalue weighted by Gasteiger charge is -2.32. The summed E-state index contributed by atoms with van der Waals surface area (Å²) in [7, 11) is 1.60. The van der Waals surface area contributed by atoms with Crippen LogP contribution in [0.2, 0.25) is 0 Å². The summed E-state index contributed by atoms with van der Waals surface area (Å²) in [5.74, 6) is 0.894. The molecule has 2 amide bonds. The van der Waals surface area contributed by atoms with Crippen molar-refractivity contribution in [3.63, 3.8) is 0 Å². The molecule has 1 unspecified atom stereocenters. The Balaban J connectivity index is 1.36. The van der Waals surface area contributed by atoms with Crippen molar-refractivity contribution in [2.45, 2.75) is 38.0 Å². The number of fused-ring (bicyclic) bond motifs is 1. The van der Waals surface area contributed by atoms with Gasteiger partial charge in [-0.1, -0.05) is 11.3 Å². The predicted molar refractivity (Wildman–Crippen MR) is 114 cm³/mol. The zero-order chi connectivity index (χ0) is 20.6. The van der Waals surface area contributed by atoms with Crippen molar-refractivity contribution in [1.29, 1.82) is 0 Å². The van der Waals surface area contributed by atoms with Crippen molar-refractivity contribution in [2.75, 3.05) is 51.9 Å². The molecule has 1 atom stereocenters. The van der Waals surface area contributed by atoms with E-state index >= 15 is 0 Å². The number of anilines is 1. The van der Waals surface area contributed by atoms with Gasteiger partial charge in [-0.2, -0.15) is 0 Å². The Hall–Kier alpha value is -1.97. The molecule has 1 N–H and O–H groups in total. The number of nitrogens with zero attached hydrogens (tertiary/aromatic N) is 3. The minimum Gasteiger partial charge on any atom is -0.479 e. The number of ether oxygens (including phenoxy) is 3. The van der Waals surface area contributed by atoms with Crippen LogP contribution in [0, 0.1) is 5.41 Å². The number of nitrogens with one attached hydrogen (secondary N) is 1. The summed E-state index contributed by atoms with van der Waals surface area (Å²) in [4.78, 5) is 24.0. The fraction of sp³-hybridized carbons (Fsp3) is 0.667. The average Bonchev–Trinajstić information content (AvgIpc) is 3.38. The molecule has 0 bridgehead atoms. The number of methoxy groups -OCH3 is 1. The quantitative estimate of drug-likeness (QED) is 0.797. The van der Waals surface area contributed by atoms with Crippen LogP contribution in [-0.2, 0) is 9.47 Å². The largest absolute Gasteiger partial charge is 0.479 e. The fourth-order valence-corrected chi connectivity index (χ4v) is 5.96. The average molecular weight is 433 g/mol. The van der Waals surface area contributed by atoms with Gasteiger partial charge in [-0.25, -0.2) is 14.8 Å². The highest BCUT2D eigenvalue weighted by molar-refractivity contribution is 7.22. The van der Waals surface area contributed by atoms with Gasteiger partial charge >= 0.3 is 6.03 Å². The van der Waals surface area contributed by atoms with Crippen molar-refractivity contribution in [3.8, 4) is 5.88 Å². The molecule has 3 saturated heterocycles. The third-order valence-corrected chi connectivity index (χ3v) is 7.63. The molecule has 3 fully saturated rings. The first kappa shape index (κ1) is 20.0. The van der Waals surface area contributed by atoms with E-state index in [1.54, 1.807) is 7.11 Å². The van der Waals surface area contributed by atoms with Gasteiger partial charge in [-0.3, -0.25) is 5.32 Å². The molecular formula is C21H28N4O4S. The van der Waals surface area contributed by atoms with Gasteiger partial charge in [0.15, 0.2) is 5.13 Å². The number of likely N-dealkylation sites (tertiary alicyclic amines) is 1. The monoisotopic (exact) mass is 432 g/mol. The number of carbonyl (C=O) groups is 1. The van der Waals surface area contributed by atoms with Gasteiger partial charge in [0.05, 0.1) is 18.4 Å². The van der Waals surface area contributed by atoms with Gasteiger partial charge < -0.3 is 19.1 Å². The number of carbonyl (C=O) groups excluding carboxylic acids is 1. The minimum absolute atomic E-state index is 0.0870. The van der Waals surface area contributed by atoms with E-state index in [2.05, 4.69) is 15.3 Å². The predicted octanol–water partition coefficient (Wildman–Crippen LogP) is 3.63. The van der Waals surface area contributed by atoms with E-state index in [1.165, 1.54) is 16.9 Å². The zero-order valence-electron chi connectivity index (χ0n) is 17.3. The number of rotatable bonds is 3. The Labute approximate surface area is 179 Å². The van der Waals surface area contributed by atoms with Gasteiger partial charge in [-0.15, -0.1) is 0 Å². The van der Waals surface area contributed by atoms with Gasteiger partial charge in [0.1, 0.15) is 5.52 Å². The molecule has 0 radical (unpaired) electrons. The molecule has 2 aromatic rings. The van der Waals surface area contributed by atoms with Crippen LogP contribution in [0.25, 0.3) is 10.2 Å². The molecule has 3 aliphatic heterocycles. The lowest BCUT2D eigenvalue weighted by molar-refractivity contribution is -0.000213. The molecule has 2 aromatic heterocycles. The number of aromatic nitrogens is 2. The van der Waals surface area contributed by atoms with Gasteiger partial charge in [0, 0.05) is 44.5 Å². The Morgan fingerprint density at radius 3 is 2.93 bits per heavy atom. The summed E-state index contributed by atoms with van der Waals surface area (Å²) in [6.45, 7) is 4.64. The highest BCUT2D eigenvalue weighted by Gasteiger charge is 2.41. The van der Waals surface area contributed by atoms with E-state index in [1.807, 2.05) is 11.1 Å². The molecule has 3 aliphatic rings.